The topological polar surface area (TPSA) is 80.8 Å². The molecule has 25 heavy (non-hydrogen) atoms. The van der Waals surface area contributed by atoms with Crippen molar-refractivity contribution in [3.05, 3.63) is 34.9 Å². The molecule has 138 valence electrons. The Bertz CT molecular complexity index is 772. The number of benzene rings is 1. The first-order valence-corrected chi connectivity index (χ1v) is 10.3. The zero-order valence-electron chi connectivity index (χ0n) is 15.1. The van der Waals surface area contributed by atoms with Gasteiger partial charge in [-0.05, 0) is 45.7 Å². The number of likely N-dealkylation sites (N-methyl/N-ethyl adjacent to an activating group) is 1. The molecule has 1 aliphatic heterocycles. The van der Waals surface area contributed by atoms with Crippen molar-refractivity contribution in [1.82, 2.24) is 4.90 Å². The van der Waals surface area contributed by atoms with Crippen molar-refractivity contribution in [2.24, 2.45) is 0 Å². The molecule has 2 unspecified atom stereocenters. The van der Waals surface area contributed by atoms with Crippen LogP contribution in [0.25, 0.3) is 0 Å². The summed E-state index contributed by atoms with van der Waals surface area (Å²) in [6.07, 6.45) is -0.532. The molecule has 1 saturated heterocycles. The Kier molecular flexibility index (Phi) is 5.87. The van der Waals surface area contributed by atoms with Crippen molar-refractivity contribution in [2.45, 2.75) is 46.3 Å². The number of carbonyl (C=O) groups is 2. The van der Waals surface area contributed by atoms with Gasteiger partial charge in [-0.1, -0.05) is 17.7 Å². The lowest BCUT2D eigenvalue weighted by atomic mass is 10.1. The maximum absolute atomic E-state index is 12.6. The Hall–Kier alpha value is -1.89. The molecule has 1 aromatic carbocycles. The van der Waals surface area contributed by atoms with Crippen molar-refractivity contribution in [2.75, 3.05) is 18.1 Å². The first kappa shape index (κ1) is 19.4. The van der Waals surface area contributed by atoms with Crippen LogP contribution in [0, 0.1) is 13.8 Å². The van der Waals surface area contributed by atoms with E-state index in [-0.39, 0.29) is 23.5 Å². The highest BCUT2D eigenvalue weighted by Crippen LogP contribution is 2.20. The molecule has 2 atom stereocenters. The highest BCUT2D eigenvalue weighted by atomic mass is 32.2. The zero-order chi connectivity index (χ0) is 18.8. The number of ether oxygens (including phenoxy) is 1. The predicted octanol–water partition coefficient (Wildman–Crippen LogP) is 1.88. The Morgan fingerprint density at radius 1 is 1.32 bits per heavy atom. The van der Waals surface area contributed by atoms with Crippen LogP contribution in [0.15, 0.2) is 18.2 Å². The molecule has 1 amide bonds. The van der Waals surface area contributed by atoms with Gasteiger partial charge in [-0.3, -0.25) is 4.79 Å². The molecule has 1 aromatic rings. The molecule has 7 heteroatoms. The van der Waals surface area contributed by atoms with Crippen LogP contribution in [-0.4, -0.2) is 55.4 Å². The van der Waals surface area contributed by atoms with E-state index in [1.807, 2.05) is 26.0 Å². The summed E-state index contributed by atoms with van der Waals surface area (Å²) in [5, 5.41) is 0. The van der Waals surface area contributed by atoms with Crippen LogP contribution in [0.5, 0.6) is 0 Å². The van der Waals surface area contributed by atoms with Crippen molar-refractivity contribution in [3.8, 4) is 0 Å². The maximum Gasteiger partial charge on any atom is 0.339 e. The number of aryl methyl sites for hydroxylation is 2. The molecular weight excluding hydrogens is 342 g/mol. The van der Waals surface area contributed by atoms with E-state index < -0.39 is 21.9 Å². The number of hydrogen-bond acceptors (Lipinski definition) is 5. The van der Waals surface area contributed by atoms with Gasteiger partial charge in [0.15, 0.2) is 15.9 Å². The fourth-order valence-corrected chi connectivity index (χ4v) is 4.81. The lowest BCUT2D eigenvalue weighted by Crippen LogP contribution is -2.46. The van der Waals surface area contributed by atoms with Gasteiger partial charge in [-0.15, -0.1) is 0 Å². The number of nitrogens with zero attached hydrogens (tertiary/aromatic N) is 1. The molecular formula is C18H25NO5S. The zero-order valence-corrected chi connectivity index (χ0v) is 15.9. The Morgan fingerprint density at radius 2 is 2.00 bits per heavy atom. The van der Waals surface area contributed by atoms with Gasteiger partial charge in [0.05, 0.1) is 17.1 Å². The molecule has 6 nitrogen and oxygen atoms in total. The van der Waals surface area contributed by atoms with E-state index in [0.717, 1.165) is 11.1 Å². The Balaban J connectivity index is 2.08. The summed E-state index contributed by atoms with van der Waals surface area (Å²) in [5.41, 5.74) is 2.15. The maximum atomic E-state index is 12.6. The molecule has 0 aromatic heterocycles. The number of rotatable bonds is 5. The van der Waals surface area contributed by atoms with Gasteiger partial charge < -0.3 is 9.64 Å². The second-order valence-corrected chi connectivity index (χ2v) is 8.78. The number of amides is 1. The fourth-order valence-electron chi connectivity index (χ4n) is 3.08. The van der Waals surface area contributed by atoms with E-state index in [1.54, 1.807) is 13.0 Å². The average molecular weight is 367 g/mol. The van der Waals surface area contributed by atoms with Crippen LogP contribution in [-0.2, 0) is 19.4 Å². The van der Waals surface area contributed by atoms with Crippen LogP contribution in [0.2, 0.25) is 0 Å². The highest BCUT2D eigenvalue weighted by molar-refractivity contribution is 7.91. The van der Waals surface area contributed by atoms with E-state index in [2.05, 4.69) is 0 Å². The molecule has 1 fully saturated rings. The lowest BCUT2D eigenvalue weighted by molar-refractivity contribution is -0.141. The summed E-state index contributed by atoms with van der Waals surface area (Å²) in [5.74, 6) is -0.831. The minimum Gasteiger partial charge on any atom is -0.449 e. The standard InChI is InChI=1S/C18H25NO5S/c1-5-19(15-8-9-25(22,23)11-15)17(20)14(4)24-18(21)16-10-12(2)6-7-13(16)3/h6-7,10,14-15H,5,8-9,11H2,1-4H3. The van der Waals surface area contributed by atoms with Crippen molar-refractivity contribution in [3.63, 3.8) is 0 Å². The molecule has 0 N–H and O–H groups in total. The minimum atomic E-state index is -3.09. The normalized spacial score (nSPS) is 20.1. The third-order valence-electron chi connectivity index (χ3n) is 4.52. The van der Waals surface area contributed by atoms with E-state index >= 15 is 0 Å². The highest BCUT2D eigenvalue weighted by Gasteiger charge is 2.36. The van der Waals surface area contributed by atoms with Crippen LogP contribution >= 0.6 is 0 Å². The van der Waals surface area contributed by atoms with Crippen LogP contribution < -0.4 is 0 Å². The van der Waals surface area contributed by atoms with Crippen molar-refractivity contribution >= 4 is 21.7 Å². The molecule has 0 aliphatic carbocycles. The summed E-state index contributed by atoms with van der Waals surface area (Å²) in [6, 6.07) is 5.13. The SMILES string of the molecule is CCN(C(=O)C(C)OC(=O)c1cc(C)ccc1C)C1CCS(=O)(=O)C1. The second-order valence-electron chi connectivity index (χ2n) is 6.55. The molecule has 1 heterocycles. The fraction of sp³-hybridized carbons (Fsp3) is 0.556. The smallest absolute Gasteiger partial charge is 0.339 e. The van der Waals surface area contributed by atoms with Gasteiger partial charge in [-0.2, -0.15) is 0 Å². The number of hydrogen-bond donors (Lipinski definition) is 0. The third-order valence-corrected chi connectivity index (χ3v) is 6.27. The van der Waals surface area contributed by atoms with E-state index in [1.165, 1.54) is 11.8 Å². The number of sulfone groups is 1. The Labute approximate surface area is 149 Å². The van der Waals surface area contributed by atoms with Gasteiger partial charge in [0.1, 0.15) is 0 Å². The van der Waals surface area contributed by atoms with Gasteiger partial charge in [0, 0.05) is 12.6 Å². The molecule has 1 aliphatic rings. The van der Waals surface area contributed by atoms with Gasteiger partial charge >= 0.3 is 5.97 Å². The number of esters is 1. The predicted molar refractivity (Wildman–Crippen MR) is 95.2 cm³/mol. The summed E-state index contributed by atoms with van der Waals surface area (Å²) in [4.78, 5) is 26.5. The summed E-state index contributed by atoms with van der Waals surface area (Å²) < 4.78 is 28.7. The van der Waals surface area contributed by atoms with Gasteiger partial charge in [0.25, 0.3) is 5.91 Å². The first-order valence-electron chi connectivity index (χ1n) is 8.43. The van der Waals surface area contributed by atoms with E-state index in [4.69, 9.17) is 4.74 Å². The minimum absolute atomic E-state index is 0.0236. The summed E-state index contributed by atoms with van der Waals surface area (Å²) in [6.45, 7) is 7.39. The lowest BCUT2D eigenvalue weighted by Gasteiger charge is -2.29. The largest absolute Gasteiger partial charge is 0.449 e. The first-order chi connectivity index (χ1) is 11.6. The second kappa shape index (κ2) is 7.56. The molecule has 0 bridgehead atoms. The van der Waals surface area contributed by atoms with Crippen LogP contribution in [0.1, 0.15) is 41.8 Å². The molecule has 0 radical (unpaired) electrons. The molecule has 0 saturated carbocycles. The monoisotopic (exact) mass is 367 g/mol. The number of carbonyl (C=O) groups excluding carboxylic acids is 2. The van der Waals surface area contributed by atoms with E-state index in [9.17, 15) is 18.0 Å². The molecule has 2 rings (SSSR count). The van der Waals surface area contributed by atoms with Crippen molar-refractivity contribution < 1.29 is 22.7 Å². The Morgan fingerprint density at radius 3 is 2.56 bits per heavy atom. The third kappa shape index (κ3) is 4.60. The average Bonchev–Trinajstić information content (AvgIpc) is 2.89. The van der Waals surface area contributed by atoms with Crippen LogP contribution in [0.3, 0.4) is 0 Å². The van der Waals surface area contributed by atoms with Crippen molar-refractivity contribution in [1.29, 1.82) is 0 Å². The summed E-state index contributed by atoms with van der Waals surface area (Å²) >= 11 is 0. The van der Waals surface area contributed by atoms with Gasteiger partial charge in [0.2, 0.25) is 0 Å². The quantitative estimate of drug-likeness (QED) is 0.743. The van der Waals surface area contributed by atoms with Gasteiger partial charge in [-0.25, -0.2) is 13.2 Å². The molecule has 0 spiro atoms. The van der Waals surface area contributed by atoms with E-state index in [0.29, 0.717) is 18.5 Å². The van der Waals surface area contributed by atoms with Crippen LogP contribution in [0.4, 0.5) is 0 Å². The summed E-state index contributed by atoms with van der Waals surface area (Å²) in [7, 11) is -3.09.